The van der Waals surface area contributed by atoms with Gasteiger partial charge < -0.3 is 19.2 Å². The Morgan fingerprint density at radius 2 is 2.37 bits per heavy atom. The van der Waals surface area contributed by atoms with E-state index in [1.165, 1.54) is 7.11 Å². The maximum Gasteiger partial charge on any atom is 0.340 e. The summed E-state index contributed by atoms with van der Waals surface area (Å²) >= 11 is 0. The number of methoxy groups -OCH3 is 1. The number of ether oxygens (including phenoxy) is 3. The Bertz CT molecular complexity index is 602. The number of fused-ring (bicyclic) bond motifs is 1. The van der Waals surface area contributed by atoms with Gasteiger partial charge in [0, 0.05) is 0 Å². The second-order valence-corrected chi connectivity index (χ2v) is 4.25. The summed E-state index contributed by atoms with van der Waals surface area (Å²) in [6.45, 7) is 1.61. The lowest BCUT2D eigenvalue weighted by Gasteiger charge is -2.20. The van der Waals surface area contributed by atoms with Crippen LogP contribution in [0.5, 0.6) is 0 Å². The van der Waals surface area contributed by atoms with Crippen molar-refractivity contribution in [2.24, 2.45) is 0 Å². The van der Waals surface area contributed by atoms with E-state index in [-0.39, 0.29) is 6.10 Å². The molecule has 1 aromatic carbocycles. The number of rotatable bonds is 2. The Balaban J connectivity index is 2.02. The summed E-state index contributed by atoms with van der Waals surface area (Å²) in [6, 6.07) is 5.34. The number of nitrogens with one attached hydrogen (secondary N) is 1. The van der Waals surface area contributed by atoms with Crippen LogP contribution in [0.15, 0.2) is 18.2 Å². The normalized spacial score (nSPS) is 19.5. The standard InChI is InChI=1S/C13H14N2O4/c1-17-13(16)8-3-2-4-9-11(8)15-12(14-9)10-7-18-5-6-19-10/h2-4,10H,5-7H2,1H3,(H,14,15). The highest BCUT2D eigenvalue weighted by Gasteiger charge is 2.22. The van der Waals surface area contributed by atoms with Crippen LogP contribution < -0.4 is 0 Å². The minimum atomic E-state index is -0.399. The first-order chi connectivity index (χ1) is 9.29. The minimum Gasteiger partial charge on any atom is -0.465 e. The Morgan fingerprint density at radius 1 is 1.47 bits per heavy atom. The van der Waals surface area contributed by atoms with Crippen molar-refractivity contribution in [2.45, 2.75) is 6.10 Å². The predicted molar refractivity (Wildman–Crippen MR) is 66.9 cm³/mol. The number of carbonyl (C=O) groups excluding carboxylic acids is 1. The number of aromatic nitrogens is 2. The minimum absolute atomic E-state index is 0.216. The lowest BCUT2D eigenvalue weighted by Crippen LogP contribution is -2.22. The van der Waals surface area contributed by atoms with Crippen LogP contribution in [-0.4, -0.2) is 42.9 Å². The number of aromatic amines is 1. The average molecular weight is 262 g/mol. The summed E-state index contributed by atoms with van der Waals surface area (Å²) in [5, 5.41) is 0. The fourth-order valence-electron chi connectivity index (χ4n) is 2.12. The molecule has 1 atom stereocenters. The van der Waals surface area contributed by atoms with Gasteiger partial charge in [-0.3, -0.25) is 0 Å². The van der Waals surface area contributed by atoms with Gasteiger partial charge in [0.2, 0.25) is 0 Å². The van der Waals surface area contributed by atoms with E-state index in [1.54, 1.807) is 12.1 Å². The summed E-state index contributed by atoms with van der Waals surface area (Å²) in [5.74, 6) is 0.274. The molecule has 0 spiro atoms. The van der Waals surface area contributed by atoms with E-state index in [4.69, 9.17) is 14.2 Å². The van der Waals surface area contributed by atoms with Crippen LogP contribution in [0.4, 0.5) is 0 Å². The summed E-state index contributed by atoms with van der Waals surface area (Å²) in [4.78, 5) is 19.3. The lowest BCUT2D eigenvalue weighted by atomic mass is 10.2. The second kappa shape index (κ2) is 4.99. The summed E-state index contributed by atoms with van der Waals surface area (Å²) in [5.41, 5.74) is 1.82. The fraction of sp³-hybridized carbons (Fsp3) is 0.385. The van der Waals surface area contributed by atoms with Gasteiger partial charge in [-0.1, -0.05) is 6.07 Å². The molecule has 6 heteroatoms. The zero-order chi connectivity index (χ0) is 13.2. The Morgan fingerprint density at radius 3 is 3.11 bits per heavy atom. The molecule has 19 heavy (non-hydrogen) atoms. The van der Waals surface area contributed by atoms with E-state index < -0.39 is 5.97 Å². The largest absolute Gasteiger partial charge is 0.465 e. The van der Waals surface area contributed by atoms with Crippen molar-refractivity contribution >= 4 is 17.0 Å². The SMILES string of the molecule is COC(=O)c1cccc2[nH]c(C3COCCO3)nc12. The fourth-order valence-corrected chi connectivity index (χ4v) is 2.12. The van der Waals surface area contributed by atoms with E-state index in [0.717, 1.165) is 5.52 Å². The van der Waals surface area contributed by atoms with Gasteiger partial charge in [0.1, 0.15) is 17.4 Å². The van der Waals surface area contributed by atoms with Crippen LogP contribution in [0.3, 0.4) is 0 Å². The summed E-state index contributed by atoms with van der Waals surface area (Å²) < 4.78 is 15.7. The van der Waals surface area contributed by atoms with Crippen LogP contribution in [-0.2, 0) is 14.2 Å². The smallest absolute Gasteiger partial charge is 0.340 e. The molecule has 2 heterocycles. The maximum atomic E-state index is 11.7. The highest BCUT2D eigenvalue weighted by Crippen LogP contribution is 2.23. The molecule has 0 radical (unpaired) electrons. The highest BCUT2D eigenvalue weighted by atomic mass is 16.6. The topological polar surface area (TPSA) is 73.4 Å². The second-order valence-electron chi connectivity index (χ2n) is 4.25. The van der Waals surface area contributed by atoms with E-state index in [9.17, 15) is 4.79 Å². The number of H-pyrrole nitrogens is 1. The van der Waals surface area contributed by atoms with Crippen LogP contribution in [0.2, 0.25) is 0 Å². The Kier molecular flexibility index (Phi) is 3.18. The number of para-hydroxylation sites is 1. The molecule has 2 aromatic rings. The van der Waals surface area contributed by atoms with E-state index in [1.807, 2.05) is 6.07 Å². The van der Waals surface area contributed by atoms with Gasteiger partial charge in [0.25, 0.3) is 0 Å². The zero-order valence-corrected chi connectivity index (χ0v) is 10.5. The van der Waals surface area contributed by atoms with Crippen molar-refractivity contribution in [3.05, 3.63) is 29.6 Å². The molecular formula is C13H14N2O4. The first-order valence-corrected chi connectivity index (χ1v) is 6.06. The van der Waals surface area contributed by atoms with Crippen LogP contribution in [0.25, 0.3) is 11.0 Å². The highest BCUT2D eigenvalue weighted by molar-refractivity contribution is 6.01. The van der Waals surface area contributed by atoms with Gasteiger partial charge in [-0.2, -0.15) is 0 Å². The van der Waals surface area contributed by atoms with E-state index >= 15 is 0 Å². The maximum absolute atomic E-state index is 11.7. The molecule has 1 aliphatic heterocycles. The van der Waals surface area contributed by atoms with Crippen molar-refractivity contribution in [3.8, 4) is 0 Å². The quantitative estimate of drug-likeness (QED) is 0.829. The molecule has 1 N–H and O–H groups in total. The molecule has 0 bridgehead atoms. The number of esters is 1. The molecular weight excluding hydrogens is 248 g/mol. The number of hydrogen-bond acceptors (Lipinski definition) is 5. The number of benzene rings is 1. The summed E-state index contributed by atoms with van der Waals surface area (Å²) in [6.07, 6.45) is -0.216. The molecule has 0 amide bonds. The Hall–Kier alpha value is -1.92. The molecule has 100 valence electrons. The number of carbonyl (C=O) groups is 1. The molecule has 1 saturated heterocycles. The molecule has 1 fully saturated rings. The molecule has 1 aliphatic rings. The molecule has 0 saturated carbocycles. The molecule has 1 aromatic heterocycles. The first kappa shape index (κ1) is 12.1. The third kappa shape index (κ3) is 2.20. The van der Waals surface area contributed by atoms with E-state index in [0.29, 0.717) is 36.7 Å². The average Bonchev–Trinajstić information content (AvgIpc) is 2.91. The van der Waals surface area contributed by atoms with Crippen molar-refractivity contribution in [1.82, 2.24) is 9.97 Å². The van der Waals surface area contributed by atoms with Crippen molar-refractivity contribution in [2.75, 3.05) is 26.9 Å². The van der Waals surface area contributed by atoms with Gasteiger partial charge in [-0.05, 0) is 12.1 Å². The summed E-state index contributed by atoms with van der Waals surface area (Å²) in [7, 11) is 1.35. The Labute approximate surface area is 109 Å². The molecule has 1 unspecified atom stereocenters. The third-order valence-electron chi connectivity index (χ3n) is 3.06. The monoisotopic (exact) mass is 262 g/mol. The van der Waals surface area contributed by atoms with Gasteiger partial charge in [-0.15, -0.1) is 0 Å². The number of hydrogen-bond donors (Lipinski definition) is 1. The molecule has 6 nitrogen and oxygen atoms in total. The van der Waals surface area contributed by atoms with Gasteiger partial charge in [-0.25, -0.2) is 9.78 Å². The van der Waals surface area contributed by atoms with Gasteiger partial charge >= 0.3 is 5.97 Å². The van der Waals surface area contributed by atoms with Crippen LogP contribution in [0.1, 0.15) is 22.3 Å². The van der Waals surface area contributed by atoms with Crippen molar-refractivity contribution < 1.29 is 19.0 Å². The lowest BCUT2D eigenvalue weighted by molar-refractivity contribution is -0.0931. The zero-order valence-electron chi connectivity index (χ0n) is 10.5. The molecule has 3 rings (SSSR count). The van der Waals surface area contributed by atoms with Crippen molar-refractivity contribution in [3.63, 3.8) is 0 Å². The van der Waals surface area contributed by atoms with Crippen LogP contribution in [0, 0.1) is 0 Å². The van der Waals surface area contributed by atoms with Crippen LogP contribution >= 0.6 is 0 Å². The number of nitrogens with zero attached hydrogens (tertiary/aromatic N) is 1. The van der Waals surface area contributed by atoms with Gasteiger partial charge in [0.15, 0.2) is 0 Å². The number of imidazole rings is 1. The van der Waals surface area contributed by atoms with E-state index in [2.05, 4.69) is 9.97 Å². The first-order valence-electron chi connectivity index (χ1n) is 6.06. The van der Waals surface area contributed by atoms with Gasteiger partial charge in [0.05, 0.1) is 38.0 Å². The predicted octanol–water partition coefficient (Wildman–Crippen LogP) is 1.44. The third-order valence-corrected chi connectivity index (χ3v) is 3.06. The van der Waals surface area contributed by atoms with Crippen molar-refractivity contribution in [1.29, 1.82) is 0 Å². The molecule has 0 aliphatic carbocycles.